The lowest BCUT2D eigenvalue weighted by Gasteiger charge is -2.27. The quantitative estimate of drug-likeness (QED) is 0.856. The predicted octanol–water partition coefficient (Wildman–Crippen LogP) is 4.01. The second kappa shape index (κ2) is 7.73. The Morgan fingerprint density at radius 3 is 2.35 bits per heavy atom. The van der Waals surface area contributed by atoms with E-state index in [0.29, 0.717) is 13.0 Å². The molecule has 2 amide bonds. The normalized spacial score (nSPS) is 18.5. The number of nitrogens with one attached hydrogen (secondary N) is 1. The maximum Gasteiger partial charge on any atom is 0.228 e. The van der Waals surface area contributed by atoms with Crippen LogP contribution < -0.4 is 5.32 Å². The fourth-order valence-electron chi connectivity index (χ4n) is 3.20. The van der Waals surface area contributed by atoms with E-state index in [2.05, 4.69) is 5.32 Å². The lowest BCUT2D eigenvalue weighted by atomic mass is 10.1. The minimum Gasteiger partial charge on any atom is -0.336 e. The van der Waals surface area contributed by atoms with Gasteiger partial charge in [-0.1, -0.05) is 48.5 Å². The summed E-state index contributed by atoms with van der Waals surface area (Å²) in [5, 5.41) is 2.97. The summed E-state index contributed by atoms with van der Waals surface area (Å²) in [6.07, 6.45) is 0.633. The number of carbonyl (C=O) groups is 2. The fraction of sp³-hybridized carbons (Fsp3) is 0.364. The van der Waals surface area contributed by atoms with Crippen LogP contribution in [-0.2, 0) is 16.1 Å². The lowest BCUT2D eigenvalue weighted by Crippen LogP contribution is -2.38. The summed E-state index contributed by atoms with van der Waals surface area (Å²) >= 11 is 0. The molecule has 0 heterocycles. The molecule has 0 saturated heterocycles. The molecule has 0 bridgehead atoms. The summed E-state index contributed by atoms with van der Waals surface area (Å²) in [5.41, 5.74) is 2.95. The molecule has 2 atom stereocenters. The van der Waals surface area contributed by atoms with Crippen LogP contribution in [0.2, 0.25) is 0 Å². The lowest BCUT2D eigenvalue weighted by molar-refractivity contribution is -0.136. The molecule has 0 aliphatic heterocycles. The van der Waals surface area contributed by atoms with Crippen LogP contribution >= 0.6 is 0 Å². The first kappa shape index (κ1) is 18.2. The van der Waals surface area contributed by atoms with E-state index in [1.165, 1.54) is 0 Å². The maximum absolute atomic E-state index is 12.9. The molecule has 0 aromatic heterocycles. The first-order valence-electron chi connectivity index (χ1n) is 9.18. The zero-order valence-corrected chi connectivity index (χ0v) is 15.6. The highest BCUT2D eigenvalue weighted by atomic mass is 16.2. The third-order valence-corrected chi connectivity index (χ3v) is 4.95. The molecule has 1 fully saturated rings. The molecule has 1 saturated carbocycles. The second-order valence-corrected chi connectivity index (χ2v) is 7.30. The van der Waals surface area contributed by atoms with Crippen LogP contribution in [-0.4, -0.2) is 22.8 Å². The van der Waals surface area contributed by atoms with E-state index in [-0.39, 0.29) is 29.7 Å². The molecule has 0 radical (unpaired) electrons. The number of amides is 2. The van der Waals surface area contributed by atoms with Gasteiger partial charge in [0.2, 0.25) is 11.8 Å². The zero-order valence-electron chi connectivity index (χ0n) is 15.6. The molecular formula is C22H26N2O2. The van der Waals surface area contributed by atoms with Crippen molar-refractivity contribution in [2.45, 2.75) is 39.8 Å². The molecule has 1 N–H and O–H groups in total. The van der Waals surface area contributed by atoms with Crippen molar-refractivity contribution >= 4 is 17.5 Å². The van der Waals surface area contributed by atoms with Gasteiger partial charge in [0, 0.05) is 18.3 Å². The van der Waals surface area contributed by atoms with Crippen LogP contribution in [0.4, 0.5) is 5.69 Å². The van der Waals surface area contributed by atoms with Gasteiger partial charge in [-0.25, -0.2) is 0 Å². The minimum absolute atomic E-state index is 0.0546. The number of carbonyl (C=O) groups excluding carboxylic acids is 2. The van der Waals surface area contributed by atoms with Gasteiger partial charge in [-0.2, -0.15) is 0 Å². The van der Waals surface area contributed by atoms with Gasteiger partial charge in [0.05, 0.1) is 11.8 Å². The van der Waals surface area contributed by atoms with E-state index in [0.717, 1.165) is 16.8 Å². The number of hydrogen-bond donors (Lipinski definition) is 1. The molecule has 136 valence electrons. The van der Waals surface area contributed by atoms with Crippen molar-refractivity contribution in [1.29, 1.82) is 0 Å². The van der Waals surface area contributed by atoms with Crippen LogP contribution in [0, 0.1) is 18.8 Å². The zero-order chi connectivity index (χ0) is 18.7. The summed E-state index contributed by atoms with van der Waals surface area (Å²) in [6, 6.07) is 17.8. The van der Waals surface area contributed by atoms with Crippen molar-refractivity contribution in [2.75, 3.05) is 5.32 Å². The standard InChI is InChI=1S/C22H26N2O2/c1-15(2)24(14-17-10-5-4-6-11-17)22(26)19-13-18(19)21(25)23-20-12-8-7-9-16(20)3/h4-12,15,18-19H,13-14H2,1-3H3,(H,23,25). The van der Waals surface area contributed by atoms with Crippen LogP contribution in [0.15, 0.2) is 54.6 Å². The molecule has 2 aromatic rings. The predicted molar refractivity (Wildman–Crippen MR) is 104 cm³/mol. The van der Waals surface area contributed by atoms with Crippen LogP contribution in [0.3, 0.4) is 0 Å². The van der Waals surface area contributed by atoms with Crippen LogP contribution in [0.25, 0.3) is 0 Å². The summed E-state index contributed by atoms with van der Waals surface area (Å²) in [7, 11) is 0. The highest BCUT2D eigenvalue weighted by Gasteiger charge is 2.49. The molecular weight excluding hydrogens is 324 g/mol. The Labute approximate surface area is 155 Å². The summed E-state index contributed by atoms with van der Waals surface area (Å²) in [6.45, 7) is 6.59. The van der Waals surface area contributed by atoms with Crippen molar-refractivity contribution < 1.29 is 9.59 Å². The number of aryl methyl sites for hydroxylation is 1. The SMILES string of the molecule is Cc1ccccc1NC(=O)C1CC1C(=O)N(Cc1ccccc1)C(C)C. The van der Waals surface area contributed by atoms with E-state index in [1.807, 2.05) is 80.3 Å². The molecule has 4 nitrogen and oxygen atoms in total. The Kier molecular flexibility index (Phi) is 5.40. The monoisotopic (exact) mass is 350 g/mol. The van der Waals surface area contributed by atoms with Gasteiger partial charge in [0.25, 0.3) is 0 Å². The molecule has 0 spiro atoms. The van der Waals surface area contributed by atoms with Gasteiger partial charge < -0.3 is 10.2 Å². The Bertz CT molecular complexity index is 786. The van der Waals surface area contributed by atoms with Crippen LogP contribution in [0.1, 0.15) is 31.4 Å². The van der Waals surface area contributed by atoms with Gasteiger partial charge in [-0.15, -0.1) is 0 Å². The summed E-state index contributed by atoms with van der Waals surface area (Å²) in [5.74, 6) is -0.404. The van der Waals surface area contributed by atoms with Crippen molar-refractivity contribution in [3.8, 4) is 0 Å². The second-order valence-electron chi connectivity index (χ2n) is 7.30. The average Bonchev–Trinajstić information content (AvgIpc) is 3.42. The van der Waals surface area contributed by atoms with E-state index in [1.54, 1.807) is 0 Å². The number of benzene rings is 2. The molecule has 1 aliphatic carbocycles. The largest absolute Gasteiger partial charge is 0.336 e. The number of hydrogen-bond acceptors (Lipinski definition) is 2. The van der Waals surface area contributed by atoms with Crippen LogP contribution in [0.5, 0.6) is 0 Å². The molecule has 2 aromatic carbocycles. The first-order chi connectivity index (χ1) is 12.5. The Hall–Kier alpha value is -2.62. The van der Waals surface area contributed by atoms with Crippen molar-refractivity contribution in [2.24, 2.45) is 11.8 Å². The first-order valence-corrected chi connectivity index (χ1v) is 9.18. The number of para-hydroxylation sites is 1. The molecule has 26 heavy (non-hydrogen) atoms. The third kappa shape index (κ3) is 4.13. The van der Waals surface area contributed by atoms with Gasteiger partial charge in [0.15, 0.2) is 0 Å². The van der Waals surface area contributed by atoms with Crippen molar-refractivity contribution in [3.63, 3.8) is 0 Å². The Balaban J connectivity index is 1.63. The van der Waals surface area contributed by atoms with E-state index in [9.17, 15) is 9.59 Å². The molecule has 2 unspecified atom stereocenters. The smallest absolute Gasteiger partial charge is 0.228 e. The molecule has 1 aliphatic rings. The minimum atomic E-state index is -0.223. The van der Waals surface area contributed by atoms with Gasteiger partial charge >= 0.3 is 0 Å². The summed E-state index contributed by atoms with van der Waals surface area (Å²) < 4.78 is 0. The fourth-order valence-corrected chi connectivity index (χ4v) is 3.20. The van der Waals surface area contributed by atoms with Crippen molar-refractivity contribution in [1.82, 2.24) is 4.90 Å². The topological polar surface area (TPSA) is 49.4 Å². The van der Waals surface area contributed by atoms with Gasteiger partial charge in [0.1, 0.15) is 0 Å². The van der Waals surface area contributed by atoms with Gasteiger partial charge in [-0.05, 0) is 44.4 Å². The maximum atomic E-state index is 12.9. The number of nitrogens with zero attached hydrogens (tertiary/aromatic N) is 1. The van der Waals surface area contributed by atoms with E-state index < -0.39 is 0 Å². The molecule has 4 heteroatoms. The Morgan fingerprint density at radius 1 is 1.04 bits per heavy atom. The highest BCUT2D eigenvalue weighted by Crippen LogP contribution is 2.41. The van der Waals surface area contributed by atoms with E-state index >= 15 is 0 Å². The van der Waals surface area contributed by atoms with Gasteiger partial charge in [-0.3, -0.25) is 9.59 Å². The van der Waals surface area contributed by atoms with E-state index in [4.69, 9.17) is 0 Å². The highest BCUT2D eigenvalue weighted by molar-refractivity contribution is 5.99. The summed E-state index contributed by atoms with van der Waals surface area (Å²) in [4.78, 5) is 27.3. The average molecular weight is 350 g/mol. The molecule has 3 rings (SSSR count). The third-order valence-electron chi connectivity index (χ3n) is 4.95. The van der Waals surface area contributed by atoms with Crippen molar-refractivity contribution in [3.05, 3.63) is 65.7 Å². The number of anilines is 1. The number of rotatable bonds is 6. The Morgan fingerprint density at radius 2 is 1.69 bits per heavy atom.